The number of hydrogen-bond acceptors (Lipinski definition) is 3. The van der Waals surface area contributed by atoms with Crippen molar-refractivity contribution in [1.29, 1.82) is 0 Å². The summed E-state index contributed by atoms with van der Waals surface area (Å²) in [5, 5.41) is 3.00. The van der Waals surface area contributed by atoms with Crippen molar-refractivity contribution in [2.75, 3.05) is 13.1 Å². The van der Waals surface area contributed by atoms with E-state index < -0.39 is 5.60 Å². The van der Waals surface area contributed by atoms with Crippen molar-refractivity contribution in [1.82, 2.24) is 10.2 Å². The van der Waals surface area contributed by atoms with Gasteiger partial charge in [0.15, 0.2) is 0 Å². The highest BCUT2D eigenvalue weighted by atomic mass is 16.6. The second-order valence-electron chi connectivity index (χ2n) is 6.22. The maximum Gasteiger partial charge on any atom is 0.410 e. The van der Waals surface area contributed by atoms with E-state index in [2.05, 4.69) is 5.32 Å². The van der Waals surface area contributed by atoms with Crippen molar-refractivity contribution in [2.45, 2.75) is 51.7 Å². The number of amides is 2. The lowest BCUT2D eigenvalue weighted by Crippen LogP contribution is -2.43. The van der Waals surface area contributed by atoms with Crippen molar-refractivity contribution in [3.05, 3.63) is 0 Å². The molecule has 2 rings (SSSR count). The van der Waals surface area contributed by atoms with E-state index in [1.54, 1.807) is 4.90 Å². The molecule has 0 radical (unpaired) electrons. The molecule has 2 heterocycles. The van der Waals surface area contributed by atoms with E-state index in [1.807, 2.05) is 20.8 Å². The van der Waals surface area contributed by atoms with Gasteiger partial charge >= 0.3 is 6.09 Å². The molecular formula is C13H22N2O3. The van der Waals surface area contributed by atoms with Gasteiger partial charge in [-0.2, -0.15) is 0 Å². The molecule has 0 aromatic carbocycles. The smallest absolute Gasteiger partial charge is 0.410 e. The van der Waals surface area contributed by atoms with E-state index >= 15 is 0 Å². The lowest BCUT2D eigenvalue weighted by atomic mass is 9.99. The zero-order valence-electron chi connectivity index (χ0n) is 11.4. The molecule has 0 aliphatic carbocycles. The first kappa shape index (κ1) is 13.2. The molecular weight excluding hydrogens is 232 g/mol. The van der Waals surface area contributed by atoms with Crippen molar-refractivity contribution in [2.24, 2.45) is 5.92 Å². The second kappa shape index (κ2) is 4.78. The number of carbonyl (C=O) groups excluding carboxylic acids is 2. The van der Waals surface area contributed by atoms with Gasteiger partial charge in [0, 0.05) is 19.1 Å². The highest BCUT2D eigenvalue weighted by molar-refractivity contribution is 5.81. The minimum absolute atomic E-state index is 0.0787. The van der Waals surface area contributed by atoms with Crippen LogP contribution in [-0.2, 0) is 9.53 Å². The Morgan fingerprint density at radius 3 is 2.72 bits per heavy atom. The van der Waals surface area contributed by atoms with Crippen molar-refractivity contribution in [3.8, 4) is 0 Å². The quantitative estimate of drug-likeness (QED) is 0.713. The van der Waals surface area contributed by atoms with Crippen LogP contribution in [0.1, 0.15) is 40.0 Å². The standard InChI is InChI=1S/C13H22N2O3/c1-13(2,3)18-12(17)15-7-9-5-4-6-10(8-15)14-11(9)16/h9-10H,4-8H2,1-3H3,(H,14,16). The Labute approximate surface area is 108 Å². The van der Waals surface area contributed by atoms with E-state index in [0.29, 0.717) is 13.1 Å². The van der Waals surface area contributed by atoms with E-state index in [9.17, 15) is 9.59 Å². The maximum absolute atomic E-state index is 12.1. The van der Waals surface area contributed by atoms with Crippen LogP contribution in [0.2, 0.25) is 0 Å². The zero-order valence-corrected chi connectivity index (χ0v) is 11.4. The molecule has 2 aliphatic heterocycles. The van der Waals surface area contributed by atoms with Crippen LogP contribution < -0.4 is 5.32 Å². The summed E-state index contributed by atoms with van der Waals surface area (Å²) in [6.45, 7) is 6.61. The molecule has 2 amide bonds. The van der Waals surface area contributed by atoms with Crippen molar-refractivity contribution >= 4 is 12.0 Å². The molecule has 2 atom stereocenters. The minimum atomic E-state index is -0.490. The number of nitrogens with zero attached hydrogens (tertiary/aromatic N) is 1. The summed E-state index contributed by atoms with van der Waals surface area (Å²) in [6.07, 6.45) is 2.55. The van der Waals surface area contributed by atoms with Crippen LogP contribution in [-0.4, -0.2) is 41.6 Å². The minimum Gasteiger partial charge on any atom is -0.444 e. The lowest BCUT2D eigenvalue weighted by molar-refractivity contribution is -0.124. The average molecular weight is 254 g/mol. The predicted molar refractivity (Wildman–Crippen MR) is 67.1 cm³/mol. The van der Waals surface area contributed by atoms with Gasteiger partial charge in [0.1, 0.15) is 5.60 Å². The SMILES string of the molecule is CC(C)(C)OC(=O)N1CC2CCCC(C1)C(=O)N2. The van der Waals surface area contributed by atoms with Crippen molar-refractivity contribution < 1.29 is 14.3 Å². The monoisotopic (exact) mass is 254 g/mol. The molecule has 5 nitrogen and oxygen atoms in total. The van der Waals surface area contributed by atoms with Crippen LogP contribution in [0.4, 0.5) is 4.79 Å². The van der Waals surface area contributed by atoms with Gasteiger partial charge in [0.2, 0.25) is 5.91 Å². The Balaban J connectivity index is 2.06. The van der Waals surface area contributed by atoms with Gasteiger partial charge < -0.3 is 15.0 Å². The van der Waals surface area contributed by atoms with Crippen LogP contribution >= 0.6 is 0 Å². The van der Waals surface area contributed by atoms with Gasteiger partial charge in [0.25, 0.3) is 0 Å². The number of ether oxygens (including phenoxy) is 1. The Morgan fingerprint density at radius 2 is 2.06 bits per heavy atom. The Bertz CT molecular complexity index is 349. The van der Waals surface area contributed by atoms with Crippen LogP contribution in [0.3, 0.4) is 0 Å². The van der Waals surface area contributed by atoms with Gasteiger partial charge in [-0.25, -0.2) is 4.79 Å². The van der Waals surface area contributed by atoms with Crippen molar-refractivity contribution in [3.63, 3.8) is 0 Å². The number of nitrogens with one attached hydrogen (secondary N) is 1. The molecule has 0 aromatic rings. The fourth-order valence-corrected chi connectivity index (χ4v) is 2.53. The topological polar surface area (TPSA) is 58.6 Å². The third-order valence-electron chi connectivity index (χ3n) is 3.36. The summed E-state index contributed by atoms with van der Waals surface area (Å²) >= 11 is 0. The number of likely N-dealkylation sites (tertiary alicyclic amines) is 1. The number of carbonyl (C=O) groups is 2. The lowest BCUT2D eigenvalue weighted by Gasteiger charge is -2.30. The normalized spacial score (nSPS) is 28.4. The molecule has 102 valence electrons. The molecule has 2 bridgehead atoms. The van der Waals surface area contributed by atoms with E-state index in [-0.39, 0.29) is 24.0 Å². The highest BCUT2D eigenvalue weighted by Crippen LogP contribution is 2.23. The van der Waals surface area contributed by atoms with Gasteiger partial charge in [-0.15, -0.1) is 0 Å². The van der Waals surface area contributed by atoms with Crippen LogP contribution in [0.15, 0.2) is 0 Å². The third kappa shape index (κ3) is 3.15. The highest BCUT2D eigenvalue weighted by Gasteiger charge is 2.35. The van der Waals surface area contributed by atoms with Crippen LogP contribution in [0.25, 0.3) is 0 Å². The van der Waals surface area contributed by atoms with Crippen LogP contribution in [0, 0.1) is 5.92 Å². The molecule has 0 saturated carbocycles. The zero-order chi connectivity index (χ0) is 13.3. The van der Waals surface area contributed by atoms with Gasteiger partial charge in [0.05, 0.1) is 5.92 Å². The summed E-state index contributed by atoms with van der Waals surface area (Å²) in [5.41, 5.74) is -0.490. The number of hydrogen-bond donors (Lipinski definition) is 1. The molecule has 2 fully saturated rings. The van der Waals surface area contributed by atoms with Gasteiger partial charge in [-0.1, -0.05) is 6.42 Å². The summed E-state index contributed by atoms with van der Waals surface area (Å²) in [6, 6.07) is 0.0810. The Morgan fingerprint density at radius 1 is 1.33 bits per heavy atom. The largest absolute Gasteiger partial charge is 0.444 e. The molecule has 5 heteroatoms. The molecule has 18 heavy (non-hydrogen) atoms. The predicted octanol–water partition coefficient (Wildman–Crippen LogP) is 1.52. The molecule has 2 saturated heterocycles. The van der Waals surface area contributed by atoms with E-state index in [1.165, 1.54) is 0 Å². The first-order valence-corrected chi connectivity index (χ1v) is 6.63. The summed E-state index contributed by atoms with van der Waals surface area (Å²) < 4.78 is 5.38. The number of fused-ring (bicyclic) bond motifs is 3. The molecule has 2 aliphatic rings. The summed E-state index contributed by atoms with van der Waals surface area (Å²) in [4.78, 5) is 25.6. The van der Waals surface area contributed by atoms with Gasteiger partial charge in [-0.05, 0) is 33.6 Å². The third-order valence-corrected chi connectivity index (χ3v) is 3.36. The average Bonchev–Trinajstić information content (AvgIpc) is 2.42. The first-order valence-electron chi connectivity index (χ1n) is 6.63. The Hall–Kier alpha value is -1.26. The fraction of sp³-hybridized carbons (Fsp3) is 0.846. The van der Waals surface area contributed by atoms with Gasteiger partial charge in [-0.3, -0.25) is 4.79 Å². The first-order chi connectivity index (χ1) is 8.35. The summed E-state index contributed by atoms with van der Waals surface area (Å²) in [7, 11) is 0. The molecule has 1 N–H and O–H groups in total. The van der Waals surface area contributed by atoms with Crippen LogP contribution in [0.5, 0.6) is 0 Å². The molecule has 0 spiro atoms. The number of rotatable bonds is 0. The Kier molecular flexibility index (Phi) is 3.50. The molecule has 0 aromatic heterocycles. The maximum atomic E-state index is 12.1. The summed E-state index contributed by atoms with van der Waals surface area (Å²) in [5.74, 6) is 0.00794. The second-order valence-corrected chi connectivity index (χ2v) is 6.22. The van der Waals surface area contributed by atoms with E-state index in [0.717, 1.165) is 19.3 Å². The fourth-order valence-electron chi connectivity index (χ4n) is 2.53. The molecule has 2 unspecified atom stereocenters. The van der Waals surface area contributed by atoms with E-state index in [4.69, 9.17) is 4.74 Å².